The van der Waals surface area contributed by atoms with Crippen LogP contribution in [0.15, 0.2) is 0 Å². The van der Waals surface area contributed by atoms with E-state index in [2.05, 4.69) is 0 Å². The van der Waals surface area contributed by atoms with Gasteiger partial charge in [0.1, 0.15) is 0 Å². The average molecular weight is 272 g/mol. The number of nitrogens with zero attached hydrogens (tertiary/aromatic N) is 1. The zero-order chi connectivity index (χ0) is 13.9. The van der Waals surface area contributed by atoms with Gasteiger partial charge in [-0.2, -0.15) is 0 Å². The second-order valence-corrected chi connectivity index (χ2v) is 5.63. The van der Waals surface area contributed by atoms with Gasteiger partial charge in [-0.05, 0) is 19.8 Å². The monoisotopic (exact) mass is 272 g/mol. The van der Waals surface area contributed by atoms with E-state index < -0.39 is 5.41 Å². The molecule has 2 aliphatic rings. The SMILES string of the molecule is CC1(C(=O)N2CCC(OCCO)CC2)COCC1N. The first kappa shape index (κ1) is 14.7. The predicted molar refractivity (Wildman–Crippen MR) is 69.5 cm³/mol. The zero-order valence-electron chi connectivity index (χ0n) is 11.5. The predicted octanol–water partition coefficient (Wildman–Crippen LogP) is -0.650. The first-order valence-electron chi connectivity index (χ1n) is 6.93. The van der Waals surface area contributed by atoms with Crippen molar-refractivity contribution >= 4 is 5.91 Å². The van der Waals surface area contributed by atoms with Gasteiger partial charge in [-0.3, -0.25) is 4.79 Å². The molecule has 0 aromatic rings. The number of aliphatic hydroxyl groups excluding tert-OH is 1. The minimum absolute atomic E-state index is 0.0450. The number of carbonyl (C=O) groups is 1. The van der Waals surface area contributed by atoms with Crippen LogP contribution in [-0.4, -0.2) is 67.6 Å². The molecule has 110 valence electrons. The molecule has 0 radical (unpaired) electrons. The lowest BCUT2D eigenvalue weighted by Crippen LogP contribution is -2.53. The van der Waals surface area contributed by atoms with Crippen molar-refractivity contribution in [3.8, 4) is 0 Å². The summed E-state index contributed by atoms with van der Waals surface area (Å²) in [7, 11) is 0. The molecular weight excluding hydrogens is 248 g/mol. The second kappa shape index (κ2) is 6.17. The third-order valence-electron chi connectivity index (χ3n) is 4.18. The van der Waals surface area contributed by atoms with Crippen LogP contribution >= 0.6 is 0 Å². The number of rotatable bonds is 4. The quantitative estimate of drug-likeness (QED) is 0.710. The molecule has 0 aliphatic carbocycles. The summed E-state index contributed by atoms with van der Waals surface area (Å²) in [5.41, 5.74) is 5.40. The molecule has 0 saturated carbocycles. The van der Waals surface area contributed by atoms with Crippen LogP contribution in [0.1, 0.15) is 19.8 Å². The minimum Gasteiger partial charge on any atom is -0.394 e. The topological polar surface area (TPSA) is 85.0 Å². The Labute approximate surface area is 113 Å². The third-order valence-corrected chi connectivity index (χ3v) is 4.18. The van der Waals surface area contributed by atoms with E-state index in [1.54, 1.807) is 0 Å². The van der Waals surface area contributed by atoms with Crippen LogP contribution in [0.3, 0.4) is 0 Å². The standard InChI is InChI=1S/C13H24N2O4/c1-13(9-18-8-11(13)14)12(17)15-4-2-10(3-5-15)19-7-6-16/h10-11,16H,2-9,14H2,1H3. The number of amides is 1. The molecule has 2 rings (SSSR count). The van der Waals surface area contributed by atoms with Crippen LogP contribution in [0.2, 0.25) is 0 Å². The Morgan fingerprint density at radius 2 is 2.21 bits per heavy atom. The maximum absolute atomic E-state index is 12.5. The molecule has 6 heteroatoms. The molecule has 0 aromatic carbocycles. The fourth-order valence-corrected chi connectivity index (χ4v) is 2.72. The molecule has 1 amide bonds. The van der Waals surface area contributed by atoms with Gasteiger partial charge in [-0.1, -0.05) is 0 Å². The number of hydrogen-bond donors (Lipinski definition) is 2. The Morgan fingerprint density at radius 1 is 1.53 bits per heavy atom. The highest BCUT2D eigenvalue weighted by Crippen LogP contribution is 2.30. The van der Waals surface area contributed by atoms with Crippen LogP contribution in [0.25, 0.3) is 0 Å². The fourth-order valence-electron chi connectivity index (χ4n) is 2.72. The summed E-state index contributed by atoms with van der Waals surface area (Å²) in [5.74, 6) is 0.0955. The largest absolute Gasteiger partial charge is 0.394 e. The van der Waals surface area contributed by atoms with Crippen molar-refractivity contribution in [3.05, 3.63) is 0 Å². The Balaban J connectivity index is 1.85. The molecule has 19 heavy (non-hydrogen) atoms. The number of carbonyl (C=O) groups excluding carboxylic acids is 1. The maximum atomic E-state index is 12.5. The normalized spacial score (nSPS) is 32.8. The molecule has 0 spiro atoms. The van der Waals surface area contributed by atoms with Gasteiger partial charge in [0, 0.05) is 19.1 Å². The highest BCUT2D eigenvalue weighted by Gasteiger charge is 2.46. The summed E-state index contributed by atoms with van der Waals surface area (Å²) < 4.78 is 10.8. The van der Waals surface area contributed by atoms with Gasteiger partial charge in [0.05, 0.1) is 37.9 Å². The van der Waals surface area contributed by atoms with E-state index in [4.69, 9.17) is 20.3 Å². The maximum Gasteiger partial charge on any atom is 0.232 e. The van der Waals surface area contributed by atoms with E-state index in [1.807, 2.05) is 11.8 Å². The van der Waals surface area contributed by atoms with E-state index >= 15 is 0 Å². The van der Waals surface area contributed by atoms with Crippen LogP contribution in [-0.2, 0) is 14.3 Å². The lowest BCUT2D eigenvalue weighted by atomic mass is 9.83. The van der Waals surface area contributed by atoms with Crippen molar-refractivity contribution in [1.29, 1.82) is 0 Å². The molecule has 2 heterocycles. The number of hydrogen-bond acceptors (Lipinski definition) is 5. The summed E-state index contributed by atoms with van der Waals surface area (Å²) >= 11 is 0. The summed E-state index contributed by atoms with van der Waals surface area (Å²) in [6, 6.07) is -0.219. The van der Waals surface area contributed by atoms with E-state index in [-0.39, 0.29) is 24.7 Å². The number of likely N-dealkylation sites (tertiary alicyclic amines) is 1. The van der Waals surface area contributed by atoms with Gasteiger partial charge >= 0.3 is 0 Å². The second-order valence-electron chi connectivity index (χ2n) is 5.63. The Hall–Kier alpha value is -0.690. The summed E-state index contributed by atoms with van der Waals surface area (Å²) in [6.45, 7) is 4.56. The smallest absolute Gasteiger partial charge is 0.232 e. The highest BCUT2D eigenvalue weighted by molar-refractivity contribution is 5.83. The van der Waals surface area contributed by atoms with Gasteiger partial charge in [0.15, 0.2) is 0 Å². The first-order valence-corrected chi connectivity index (χ1v) is 6.93. The van der Waals surface area contributed by atoms with Crippen molar-refractivity contribution in [2.45, 2.75) is 31.9 Å². The number of aliphatic hydroxyl groups is 1. The van der Waals surface area contributed by atoms with Gasteiger partial charge in [0.25, 0.3) is 0 Å². The molecule has 2 saturated heterocycles. The molecule has 0 aromatic heterocycles. The molecule has 0 bridgehead atoms. The average Bonchev–Trinajstić information content (AvgIpc) is 2.77. The highest BCUT2D eigenvalue weighted by atomic mass is 16.5. The Bertz CT molecular complexity index is 318. The molecule has 2 fully saturated rings. The summed E-state index contributed by atoms with van der Waals surface area (Å²) in [4.78, 5) is 14.4. The molecule has 2 atom stereocenters. The van der Waals surface area contributed by atoms with Crippen LogP contribution in [0.4, 0.5) is 0 Å². The number of piperidine rings is 1. The van der Waals surface area contributed by atoms with Gasteiger partial charge in [0.2, 0.25) is 5.91 Å². The number of nitrogens with two attached hydrogens (primary N) is 1. The number of ether oxygens (including phenoxy) is 2. The lowest BCUT2D eigenvalue weighted by Gasteiger charge is -2.37. The van der Waals surface area contributed by atoms with Gasteiger partial charge < -0.3 is 25.2 Å². The fraction of sp³-hybridized carbons (Fsp3) is 0.923. The van der Waals surface area contributed by atoms with Crippen LogP contribution < -0.4 is 5.73 Å². The van der Waals surface area contributed by atoms with E-state index in [0.717, 1.165) is 12.8 Å². The molecule has 3 N–H and O–H groups in total. The van der Waals surface area contributed by atoms with Crippen molar-refractivity contribution in [3.63, 3.8) is 0 Å². The van der Waals surface area contributed by atoms with Crippen molar-refractivity contribution in [2.75, 3.05) is 39.5 Å². The first-order chi connectivity index (χ1) is 9.08. The molecule has 6 nitrogen and oxygen atoms in total. The summed E-state index contributed by atoms with van der Waals surface area (Å²) in [5, 5.41) is 8.73. The minimum atomic E-state index is -0.585. The van der Waals surface area contributed by atoms with Crippen molar-refractivity contribution < 1.29 is 19.4 Å². The van der Waals surface area contributed by atoms with Crippen LogP contribution in [0.5, 0.6) is 0 Å². The molecule has 2 aliphatic heterocycles. The van der Waals surface area contributed by atoms with Gasteiger partial charge in [-0.25, -0.2) is 0 Å². The molecular formula is C13H24N2O4. The van der Waals surface area contributed by atoms with E-state index in [0.29, 0.717) is 32.9 Å². The van der Waals surface area contributed by atoms with Gasteiger partial charge in [-0.15, -0.1) is 0 Å². The lowest BCUT2D eigenvalue weighted by molar-refractivity contribution is -0.144. The zero-order valence-corrected chi connectivity index (χ0v) is 11.5. The Morgan fingerprint density at radius 3 is 2.74 bits per heavy atom. The van der Waals surface area contributed by atoms with Crippen LogP contribution in [0, 0.1) is 5.41 Å². The third kappa shape index (κ3) is 3.08. The summed E-state index contributed by atoms with van der Waals surface area (Å²) in [6.07, 6.45) is 1.79. The molecule has 2 unspecified atom stereocenters. The van der Waals surface area contributed by atoms with Crippen molar-refractivity contribution in [2.24, 2.45) is 11.1 Å². The van der Waals surface area contributed by atoms with E-state index in [9.17, 15) is 4.79 Å². The van der Waals surface area contributed by atoms with E-state index in [1.165, 1.54) is 0 Å². The Kier molecular flexibility index (Phi) is 4.78. The van der Waals surface area contributed by atoms with Crippen molar-refractivity contribution in [1.82, 2.24) is 4.90 Å².